The molecule has 1 N–H and O–H groups in total. The highest BCUT2D eigenvalue weighted by Gasteiger charge is 2.21. The second kappa shape index (κ2) is 16.9. The zero-order valence-electron chi connectivity index (χ0n) is 17.0. The lowest BCUT2D eigenvalue weighted by atomic mass is 10.0. The summed E-state index contributed by atoms with van der Waals surface area (Å²) in [6.45, 7) is 4.03. The summed E-state index contributed by atoms with van der Waals surface area (Å²) in [6, 6.07) is 0. The maximum Gasteiger partial charge on any atom is 0.373 e. The van der Waals surface area contributed by atoms with Gasteiger partial charge in [0.25, 0.3) is 0 Å². The number of aliphatic hydroxyl groups is 1. The molecular weight excluding hydrogens is 332 g/mol. The summed E-state index contributed by atoms with van der Waals surface area (Å²) in [5, 5.41) is 9.89. The van der Waals surface area contributed by atoms with E-state index in [0.717, 1.165) is 19.3 Å². The predicted molar refractivity (Wildman–Crippen MR) is 104 cm³/mol. The molecular formula is C21H38O5. The lowest BCUT2D eigenvalue weighted by molar-refractivity contribution is -0.143. The first kappa shape index (κ1) is 24.5. The largest absolute Gasteiger partial charge is 0.501 e. The Bertz CT molecular complexity index is 415. The maximum atomic E-state index is 11.7. The molecule has 0 unspecified atom stereocenters. The normalized spacial score (nSPS) is 11.8. The zero-order valence-corrected chi connectivity index (χ0v) is 17.0. The van der Waals surface area contributed by atoms with Crippen molar-refractivity contribution in [2.24, 2.45) is 0 Å². The summed E-state index contributed by atoms with van der Waals surface area (Å²) in [5.74, 6) is -2.16. The molecule has 0 bridgehead atoms. The zero-order chi connectivity index (χ0) is 19.6. The Morgan fingerprint density at radius 1 is 0.731 bits per heavy atom. The van der Waals surface area contributed by atoms with Gasteiger partial charge in [-0.2, -0.15) is 0 Å². The van der Waals surface area contributed by atoms with E-state index >= 15 is 0 Å². The summed E-state index contributed by atoms with van der Waals surface area (Å²) in [4.78, 5) is 23.3. The first-order chi connectivity index (χ1) is 12.6. The standard InChI is InChI=1S/C21H38O5/c1-4-6-7-8-9-10-11-12-13-14-15-16-17-18(20(23)25-3)19(22)21(24)26-5-2/h22H,4-17H2,1-3H3/b19-18+. The molecule has 0 rings (SSSR count). The molecule has 0 fully saturated rings. The number of ether oxygens (including phenoxy) is 2. The van der Waals surface area contributed by atoms with E-state index in [1.54, 1.807) is 6.92 Å². The fourth-order valence-corrected chi connectivity index (χ4v) is 2.91. The van der Waals surface area contributed by atoms with E-state index in [2.05, 4.69) is 11.7 Å². The van der Waals surface area contributed by atoms with E-state index in [1.807, 2.05) is 0 Å². The molecule has 152 valence electrons. The number of esters is 2. The van der Waals surface area contributed by atoms with Gasteiger partial charge in [-0.25, -0.2) is 9.59 Å². The van der Waals surface area contributed by atoms with Crippen molar-refractivity contribution in [3.63, 3.8) is 0 Å². The molecule has 0 heterocycles. The second-order valence-electron chi connectivity index (χ2n) is 6.68. The first-order valence-corrected chi connectivity index (χ1v) is 10.3. The van der Waals surface area contributed by atoms with Crippen molar-refractivity contribution >= 4 is 11.9 Å². The second-order valence-corrected chi connectivity index (χ2v) is 6.68. The Hall–Kier alpha value is -1.52. The van der Waals surface area contributed by atoms with Crippen molar-refractivity contribution < 1.29 is 24.2 Å². The average molecular weight is 371 g/mol. The van der Waals surface area contributed by atoms with Crippen LogP contribution in [0, 0.1) is 0 Å². The monoisotopic (exact) mass is 370 g/mol. The molecule has 0 amide bonds. The van der Waals surface area contributed by atoms with Crippen LogP contribution >= 0.6 is 0 Å². The van der Waals surface area contributed by atoms with Gasteiger partial charge in [0.1, 0.15) is 0 Å². The van der Waals surface area contributed by atoms with Crippen LogP contribution in [0.15, 0.2) is 11.3 Å². The van der Waals surface area contributed by atoms with Gasteiger partial charge in [0.2, 0.25) is 5.76 Å². The van der Waals surface area contributed by atoms with Crippen molar-refractivity contribution in [2.75, 3.05) is 13.7 Å². The maximum absolute atomic E-state index is 11.7. The Kier molecular flexibility index (Phi) is 15.9. The molecule has 0 spiro atoms. The summed E-state index contributed by atoms with van der Waals surface area (Å²) in [7, 11) is 1.24. The van der Waals surface area contributed by atoms with Crippen molar-refractivity contribution in [1.29, 1.82) is 0 Å². The molecule has 0 radical (unpaired) electrons. The van der Waals surface area contributed by atoms with Crippen LogP contribution in [0.2, 0.25) is 0 Å². The molecule has 0 aliphatic heterocycles. The first-order valence-electron chi connectivity index (χ1n) is 10.3. The fourth-order valence-electron chi connectivity index (χ4n) is 2.91. The van der Waals surface area contributed by atoms with E-state index < -0.39 is 17.7 Å². The lowest BCUT2D eigenvalue weighted by Crippen LogP contribution is -2.15. The van der Waals surface area contributed by atoms with Crippen molar-refractivity contribution in [3.05, 3.63) is 11.3 Å². The topological polar surface area (TPSA) is 72.8 Å². The fraction of sp³-hybridized carbons (Fsp3) is 0.810. The van der Waals surface area contributed by atoms with Gasteiger partial charge in [-0.15, -0.1) is 0 Å². The Balaban J connectivity index is 3.92. The number of aliphatic hydroxyl groups excluding tert-OH is 1. The number of hydrogen-bond acceptors (Lipinski definition) is 5. The van der Waals surface area contributed by atoms with Gasteiger partial charge in [-0.1, -0.05) is 77.6 Å². The number of carbonyl (C=O) groups is 2. The van der Waals surface area contributed by atoms with Crippen LogP contribution in [0.25, 0.3) is 0 Å². The predicted octanol–water partition coefficient (Wildman–Crippen LogP) is 5.63. The van der Waals surface area contributed by atoms with Gasteiger partial charge in [-0.3, -0.25) is 0 Å². The molecule has 5 heteroatoms. The van der Waals surface area contributed by atoms with Crippen LogP contribution in [-0.2, 0) is 19.1 Å². The third-order valence-corrected chi connectivity index (χ3v) is 4.47. The summed E-state index contributed by atoms with van der Waals surface area (Å²) in [5.41, 5.74) is 0.0121. The summed E-state index contributed by atoms with van der Waals surface area (Å²) < 4.78 is 9.39. The third-order valence-electron chi connectivity index (χ3n) is 4.47. The highest BCUT2D eigenvalue weighted by Crippen LogP contribution is 2.17. The van der Waals surface area contributed by atoms with Gasteiger partial charge in [0, 0.05) is 0 Å². The molecule has 0 aromatic heterocycles. The van der Waals surface area contributed by atoms with Crippen LogP contribution in [0.5, 0.6) is 0 Å². The molecule has 5 nitrogen and oxygen atoms in total. The Morgan fingerprint density at radius 3 is 1.62 bits per heavy atom. The Morgan fingerprint density at radius 2 is 1.19 bits per heavy atom. The molecule has 26 heavy (non-hydrogen) atoms. The van der Waals surface area contributed by atoms with E-state index in [1.165, 1.54) is 64.9 Å². The number of unbranched alkanes of at least 4 members (excludes halogenated alkanes) is 11. The molecule has 0 aromatic carbocycles. The van der Waals surface area contributed by atoms with Gasteiger partial charge in [0.05, 0.1) is 19.3 Å². The SMILES string of the molecule is CCCCCCCCCCCCCC/C(C(=O)OC)=C(\O)C(=O)OCC. The summed E-state index contributed by atoms with van der Waals surface area (Å²) >= 11 is 0. The smallest absolute Gasteiger partial charge is 0.373 e. The van der Waals surface area contributed by atoms with Crippen molar-refractivity contribution in [3.8, 4) is 0 Å². The minimum atomic E-state index is -0.869. The van der Waals surface area contributed by atoms with Crippen LogP contribution in [0.1, 0.15) is 97.3 Å². The van der Waals surface area contributed by atoms with Crippen LogP contribution in [0.3, 0.4) is 0 Å². The van der Waals surface area contributed by atoms with Gasteiger partial charge in [0.15, 0.2) is 0 Å². The molecule has 0 aliphatic rings. The van der Waals surface area contributed by atoms with E-state index in [4.69, 9.17) is 4.74 Å². The van der Waals surface area contributed by atoms with E-state index in [-0.39, 0.29) is 12.2 Å². The van der Waals surface area contributed by atoms with E-state index in [0.29, 0.717) is 6.42 Å². The van der Waals surface area contributed by atoms with Crippen LogP contribution in [0.4, 0.5) is 0 Å². The average Bonchev–Trinajstić information content (AvgIpc) is 2.64. The van der Waals surface area contributed by atoms with Crippen LogP contribution in [-0.4, -0.2) is 30.8 Å². The highest BCUT2D eigenvalue weighted by atomic mass is 16.5. The van der Waals surface area contributed by atoms with E-state index in [9.17, 15) is 14.7 Å². The van der Waals surface area contributed by atoms with Crippen LogP contribution < -0.4 is 0 Å². The lowest BCUT2D eigenvalue weighted by Gasteiger charge is -2.08. The number of carbonyl (C=O) groups excluding carboxylic acids is 2. The molecule has 0 aliphatic carbocycles. The number of rotatable bonds is 16. The minimum absolute atomic E-state index is 0.0121. The number of methoxy groups -OCH3 is 1. The molecule has 0 saturated heterocycles. The summed E-state index contributed by atoms with van der Waals surface area (Å²) in [6.07, 6.45) is 14.9. The van der Waals surface area contributed by atoms with Gasteiger partial charge in [-0.05, 0) is 19.8 Å². The van der Waals surface area contributed by atoms with Crippen molar-refractivity contribution in [2.45, 2.75) is 97.3 Å². The molecule has 0 saturated carbocycles. The van der Waals surface area contributed by atoms with Gasteiger partial charge >= 0.3 is 11.9 Å². The quantitative estimate of drug-likeness (QED) is 0.165. The van der Waals surface area contributed by atoms with Crippen molar-refractivity contribution in [1.82, 2.24) is 0 Å². The Labute approximate surface area is 159 Å². The highest BCUT2D eigenvalue weighted by molar-refractivity contribution is 5.98. The third kappa shape index (κ3) is 11.9. The van der Waals surface area contributed by atoms with Gasteiger partial charge < -0.3 is 14.6 Å². The molecule has 0 aromatic rings. The minimum Gasteiger partial charge on any atom is -0.501 e. The molecule has 0 atom stereocenters. The number of hydrogen-bond donors (Lipinski definition) is 1.